The van der Waals surface area contributed by atoms with Crippen molar-refractivity contribution in [1.82, 2.24) is 5.32 Å². The number of hydrogen-bond acceptors (Lipinski definition) is 5. The Hall–Kier alpha value is -3.02. The van der Waals surface area contributed by atoms with Gasteiger partial charge < -0.3 is 19.5 Å². The molecule has 2 aromatic carbocycles. The maximum absolute atomic E-state index is 12.3. The van der Waals surface area contributed by atoms with E-state index in [1.165, 1.54) is 6.92 Å². The molecule has 2 aromatic rings. The summed E-state index contributed by atoms with van der Waals surface area (Å²) in [4.78, 5) is 24.6. The van der Waals surface area contributed by atoms with Gasteiger partial charge in [-0.15, -0.1) is 0 Å². The van der Waals surface area contributed by atoms with Crippen molar-refractivity contribution < 1.29 is 23.8 Å². The highest BCUT2D eigenvalue weighted by Crippen LogP contribution is 2.20. The van der Waals surface area contributed by atoms with Crippen LogP contribution in [0.15, 0.2) is 48.5 Å². The molecule has 26 heavy (non-hydrogen) atoms. The first kappa shape index (κ1) is 19.3. The molecule has 1 unspecified atom stereocenters. The molecule has 2 rings (SSSR count). The first-order valence-electron chi connectivity index (χ1n) is 8.39. The monoisotopic (exact) mass is 357 g/mol. The maximum atomic E-state index is 12.3. The van der Waals surface area contributed by atoms with Gasteiger partial charge in [-0.1, -0.05) is 30.3 Å². The largest absolute Gasteiger partial charge is 0.496 e. The number of ether oxygens (including phenoxy) is 3. The lowest BCUT2D eigenvalue weighted by atomic mass is 10.2. The zero-order valence-electron chi connectivity index (χ0n) is 15.2. The summed E-state index contributed by atoms with van der Waals surface area (Å²) in [6, 6.07) is 14.2. The highest BCUT2D eigenvalue weighted by molar-refractivity contribution is 5.94. The zero-order valence-corrected chi connectivity index (χ0v) is 15.2. The van der Waals surface area contributed by atoms with Gasteiger partial charge in [0.05, 0.1) is 13.7 Å². The molecule has 1 atom stereocenters. The number of nitrogens with one attached hydrogen (secondary N) is 1. The van der Waals surface area contributed by atoms with Gasteiger partial charge in [0, 0.05) is 12.1 Å². The maximum Gasteiger partial charge on any atom is 0.342 e. The van der Waals surface area contributed by atoms with Crippen molar-refractivity contribution in [2.45, 2.75) is 26.5 Å². The summed E-state index contributed by atoms with van der Waals surface area (Å²) in [6.45, 7) is 4.06. The number of carbonyl (C=O) groups excluding carboxylic acids is 2. The minimum absolute atomic E-state index is 0.278. The Morgan fingerprint density at radius 1 is 1.04 bits per heavy atom. The lowest BCUT2D eigenvalue weighted by molar-refractivity contribution is -0.129. The van der Waals surface area contributed by atoms with E-state index in [-0.39, 0.29) is 6.54 Å². The van der Waals surface area contributed by atoms with Crippen molar-refractivity contribution >= 4 is 11.9 Å². The van der Waals surface area contributed by atoms with E-state index in [0.717, 1.165) is 5.56 Å². The Balaban J connectivity index is 1.95. The average Bonchev–Trinajstić information content (AvgIpc) is 2.66. The van der Waals surface area contributed by atoms with Crippen molar-refractivity contribution in [3.05, 3.63) is 59.7 Å². The fraction of sp³-hybridized carbons (Fsp3) is 0.300. The molecule has 0 aliphatic rings. The van der Waals surface area contributed by atoms with E-state index in [0.29, 0.717) is 23.7 Å². The summed E-state index contributed by atoms with van der Waals surface area (Å²) >= 11 is 0. The van der Waals surface area contributed by atoms with E-state index in [1.807, 2.05) is 31.2 Å². The molecule has 0 saturated carbocycles. The average molecular weight is 357 g/mol. The van der Waals surface area contributed by atoms with Crippen LogP contribution in [-0.2, 0) is 16.1 Å². The van der Waals surface area contributed by atoms with Crippen LogP contribution in [-0.4, -0.2) is 31.7 Å². The minimum Gasteiger partial charge on any atom is -0.496 e. The smallest absolute Gasteiger partial charge is 0.342 e. The van der Waals surface area contributed by atoms with E-state index in [4.69, 9.17) is 14.2 Å². The van der Waals surface area contributed by atoms with Gasteiger partial charge >= 0.3 is 5.97 Å². The molecule has 1 amide bonds. The van der Waals surface area contributed by atoms with Crippen LogP contribution in [0.2, 0.25) is 0 Å². The third-order valence-electron chi connectivity index (χ3n) is 3.71. The van der Waals surface area contributed by atoms with Crippen LogP contribution in [0.3, 0.4) is 0 Å². The van der Waals surface area contributed by atoms with Crippen molar-refractivity contribution in [1.29, 1.82) is 0 Å². The number of methoxy groups -OCH3 is 1. The molecule has 0 radical (unpaired) electrons. The van der Waals surface area contributed by atoms with E-state index in [2.05, 4.69) is 5.32 Å². The molecule has 0 heterocycles. The van der Waals surface area contributed by atoms with Crippen molar-refractivity contribution in [3.63, 3.8) is 0 Å². The van der Waals surface area contributed by atoms with Gasteiger partial charge in [0.2, 0.25) is 0 Å². The first-order chi connectivity index (χ1) is 12.6. The molecule has 0 aliphatic carbocycles. The third-order valence-corrected chi connectivity index (χ3v) is 3.71. The molecule has 0 fully saturated rings. The summed E-state index contributed by atoms with van der Waals surface area (Å²) in [5.41, 5.74) is 1.13. The Morgan fingerprint density at radius 2 is 1.69 bits per heavy atom. The SMILES string of the molecule is CCOc1ccccc1C(=O)OC(C)C(=O)NCc1ccccc1OC. The number of hydrogen-bond donors (Lipinski definition) is 1. The normalized spacial score (nSPS) is 11.3. The Morgan fingerprint density at radius 3 is 2.38 bits per heavy atom. The second-order valence-electron chi connectivity index (χ2n) is 5.51. The highest BCUT2D eigenvalue weighted by atomic mass is 16.5. The third kappa shape index (κ3) is 4.99. The number of rotatable bonds is 8. The van der Waals surface area contributed by atoms with Gasteiger partial charge in [0.1, 0.15) is 17.1 Å². The van der Waals surface area contributed by atoms with E-state index in [9.17, 15) is 9.59 Å². The second-order valence-corrected chi connectivity index (χ2v) is 5.51. The van der Waals surface area contributed by atoms with Gasteiger partial charge in [-0.3, -0.25) is 4.79 Å². The van der Waals surface area contributed by atoms with Crippen LogP contribution in [0, 0.1) is 0 Å². The van der Waals surface area contributed by atoms with Crippen molar-refractivity contribution in [2.75, 3.05) is 13.7 Å². The van der Waals surface area contributed by atoms with Crippen LogP contribution in [0.25, 0.3) is 0 Å². The Kier molecular flexibility index (Phi) is 7.02. The van der Waals surface area contributed by atoms with Gasteiger partial charge in [0.25, 0.3) is 5.91 Å². The van der Waals surface area contributed by atoms with E-state index < -0.39 is 18.0 Å². The summed E-state index contributed by atoms with van der Waals surface area (Å²) < 4.78 is 15.9. The standard InChI is InChI=1S/C20H23NO5/c1-4-25-18-12-8-6-10-16(18)20(23)26-14(2)19(22)21-13-15-9-5-7-11-17(15)24-3/h5-12,14H,4,13H2,1-3H3,(H,21,22). The summed E-state index contributed by atoms with van der Waals surface area (Å²) in [7, 11) is 1.57. The van der Waals surface area contributed by atoms with Crippen molar-refractivity contribution in [3.8, 4) is 11.5 Å². The molecule has 0 saturated heterocycles. The van der Waals surface area contributed by atoms with E-state index >= 15 is 0 Å². The van der Waals surface area contributed by atoms with Gasteiger partial charge in [0.15, 0.2) is 6.10 Å². The lowest BCUT2D eigenvalue weighted by Crippen LogP contribution is -2.35. The Labute approximate surface area is 153 Å². The number of carbonyl (C=O) groups is 2. The topological polar surface area (TPSA) is 73.9 Å². The lowest BCUT2D eigenvalue weighted by Gasteiger charge is -2.15. The fourth-order valence-corrected chi connectivity index (χ4v) is 2.37. The predicted octanol–water partition coefficient (Wildman–Crippen LogP) is 2.96. The van der Waals surface area contributed by atoms with Gasteiger partial charge in [-0.05, 0) is 32.0 Å². The predicted molar refractivity (Wildman–Crippen MR) is 97.3 cm³/mol. The van der Waals surface area contributed by atoms with Crippen LogP contribution in [0.4, 0.5) is 0 Å². The molecule has 0 bridgehead atoms. The summed E-state index contributed by atoms with van der Waals surface area (Å²) in [6.07, 6.45) is -0.938. The van der Waals surface area contributed by atoms with Crippen molar-refractivity contribution in [2.24, 2.45) is 0 Å². The summed E-state index contributed by atoms with van der Waals surface area (Å²) in [5, 5.41) is 2.74. The minimum atomic E-state index is -0.938. The quantitative estimate of drug-likeness (QED) is 0.735. The molecule has 138 valence electrons. The summed E-state index contributed by atoms with van der Waals surface area (Å²) in [5.74, 6) is 0.122. The number of esters is 1. The molecule has 1 N–H and O–H groups in total. The van der Waals surface area contributed by atoms with E-state index in [1.54, 1.807) is 31.4 Å². The number of benzene rings is 2. The molecule has 0 aromatic heterocycles. The zero-order chi connectivity index (χ0) is 18.9. The van der Waals surface area contributed by atoms with Gasteiger partial charge in [-0.25, -0.2) is 4.79 Å². The molecule has 0 aliphatic heterocycles. The van der Waals surface area contributed by atoms with Crippen LogP contribution in [0.1, 0.15) is 29.8 Å². The number of para-hydroxylation sites is 2. The van der Waals surface area contributed by atoms with Gasteiger partial charge in [-0.2, -0.15) is 0 Å². The fourth-order valence-electron chi connectivity index (χ4n) is 2.37. The molecule has 0 spiro atoms. The van der Waals surface area contributed by atoms with Crippen LogP contribution < -0.4 is 14.8 Å². The molecular formula is C20H23NO5. The highest BCUT2D eigenvalue weighted by Gasteiger charge is 2.21. The molecule has 6 nitrogen and oxygen atoms in total. The molecule has 6 heteroatoms. The Bertz CT molecular complexity index is 759. The first-order valence-corrected chi connectivity index (χ1v) is 8.39. The van der Waals surface area contributed by atoms with Crippen LogP contribution in [0.5, 0.6) is 11.5 Å². The molecular weight excluding hydrogens is 334 g/mol. The number of amides is 1. The second kappa shape index (κ2) is 9.46. The van der Waals surface area contributed by atoms with Crippen LogP contribution >= 0.6 is 0 Å².